The third-order valence-electron chi connectivity index (χ3n) is 8.53. The SMILES string of the molecule is C.C.C.C.C.C.C.C.C.C.CC.CC(C)C=O.CC(C)C=O.CC(C)C=O.CC[Si](C)(C)COC.CC[Si](C)(C)COC.COC[Si](C)(C)c1ccccc1.[CH3-].[CH3-].[CH3-].[CH3-].[CH3-].[CH3-].[CH3-].[CH3-].[CH3-].[CH3-].[W].[W].[W].[W].[W].[W].[W].[W].[Y].[Y].c1ccccc1.c1ccccc1.c1ccccc1.c1ccccc1. The van der Waals surface area contributed by atoms with E-state index < -0.39 is 24.2 Å². The largest absolute Gasteiger partial charge is 0.388 e. The van der Waals surface area contributed by atoms with Crippen LogP contribution in [0.15, 0.2) is 176 Å². The zero-order chi connectivity index (χ0) is 54.1. The summed E-state index contributed by atoms with van der Waals surface area (Å²) in [6.07, 6.45) is 5.66. The van der Waals surface area contributed by atoms with Crippen LogP contribution in [-0.2, 0) is 263 Å². The van der Waals surface area contributed by atoms with E-state index in [0.717, 1.165) is 37.5 Å². The van der Waals surface area contributed by atoms with Gasteiger partial charge in [0.25, 0.3) is 0 Å². The third-order valence-corrected chi connectivity index (χ3v) is 17.4. The number of benzene rings is 5. The number of hydrogen-bond donors (Lipinski definition) is 0. The molecule has 5 aromatic rings. The van der Waals surface area contributed by atoms with E-state index in [9.17, 15) is 14.4 Å². The maximum Gasteiger partial charge on any atom is 0.122 e. The number of aldehydes is 3. The number of hydrogen-bond acceptors (Lipinski definition) is 6. The topological polar surface area (TPSA) is 78.9 Å². The molecule has 0 N–H and O–H groups in total. The minimum Gasteiger partial charge on any atom is -0.388 e. The Labute approximate surface area is 802 Å². The van der Waals surface area contributed by atoms with Crippen molar-refractivity contribution >= 4 is 48.3 Å². The van der Waals surface area contributed by atoms with Crippen LogP contribution in [0.2, 0.25) is 51.4 Å². The van der Waals surface area contributed by atoms with Crippen LogP contribution in [0.1, 0.15) is 144 Å². The van der Waals surface area contributed by atoms with Crippen molar-refractivity contribution in [2.24, 2.45) is 17.8 Å². The molecule has 0 unspecified atom stereocenters. The Bertz CT molecular complexity index is 1420. The Hall–Kier alpha value is 3.35. The zero-order valence-corrected chi connectivity index (χ0v) is 93.8. The van der Waals surface area contributed by atoms with E-state index in [1.54, 1.807) is 21.3 Å². The van der Waals surface area contributed by atoms with Gasteiger partial charge in [-0.25, -0.2) is 0 Å². The number of carbonyl (C=O) groups excluding carboxylic acids is 3. The maximum absolute atomic E-state index is 9.50. The summed E-state index contributed by atoms with van der Waals surface area (Å²) in [4.78, 5) is 28.5. The molecule has 5 aromatic carbocycles. The summed E-state index contributed by atoms with van der Waals surface area (Å²) in [5, 5.41) is 1.46. The first-order chi connectivity index (χ1) is 32.7. The van der Waals surface area contributed by atoms with E-state index in [-0.39, 0.29) is 400 Å². The van der Waals surface area contributed by atoms with Crippen LogP contribution >= 0.6 is 0 Å². The van der Waals surface area contributed by atoms with E-state index >= 15 is 0 Å². The van der Waals surface area contributed by atoms with Crippen LogP contribution in [0.5, 0.6) is 0 Å². The van der Waals surface area contributed by atoms with Crippen molar-refractivity contribution < 1.29 is 263 Å². The van der Waals surface area contributed by atoms with Gasteiger partial charge < -0.3 is 103 Å². The quantitative estimate of drug-likeness (QED) is 0.0704. The molecule has 604 valence electrons. The van der Waals surface area contributed by atoms with Gasteiger partial charge in [0.05, 0.1) is 16.1 Å². The van der Waals surface area contributed by atoms with Crippen molar-refractivity contribution in [1.29, 1.82) is 0 Å². The molecular formula is C80H172O6Si3W8Y2-10. The van der Waals surface area contributed by atoms with Gasteiger partial charge in [0.1, 0.15) is 26.9 Å². The van der Waals surface area contributed by atoms with Crippen molar-refractivity contribution in [2.75, 3.05) is 40.0 Å². The van der Waals surface area contributed by atoms with Gasteiger partial charge in [-0.1, -0.05) is 376 Å². The van der Waals surface area contributed by atoms with Crippen LogP contribution in [0, 0.1) is 92.0 Å². The Morgan fingerprint density at radius 1 is 0.293 bits per heavy atom. The van der Waals surface area contributed by atoms with Gasteiger partial charge in [-0.15, -0.1) is 0 Å². The Kier molecular flexibility index (Phi) is 458. The molecule has 0 aliphatic rings. The fourth-order valence-electron chi connectivity index (χ4n) is 3.86. The number of ether oxygens (including phenoxy) is 3. The van der Waals surface area contributed by atoms with Crippen molar-refractivity contribution in [2.45, 2.75) is 195 Å². The first kappa shape index (κ1) is 239. The minimum absolute atomic E-state index is 0. The van der Waals surface area contributed by atoms with E-state index in [2.05, 4.69) is 83.5 Å². The van der Waals surface area contributed by atoms with E-state index in [1.165, 1.54) is 17.3 Å². The molecule has 0 bridgehead atoms. The predicted molar refractivity (Wildman–Crippen MR) is 446 cm³/mol. The summed E-state index contributed by atoms with van der Waals surface area (Å²) in [7, 11) is 2.24. The number of rotatable bonds is 12. The second-order valence-corrected chi connectivity index (χ2v) is 33.6. The number of carbonyl (C=O) groups is 3. The predicted octanol–water partition coefficient (Wildman–Crippen LogP) is 26.7. The van der Waals surface area contributed by atoms with Gasteiger partial charge in [-0.05, 0) is 0 Å². The Morgan fingerprint density at radius 3 is 0.485 bits per heavy atom. The van der Waals surface area contributed by atoms with Gasteiger partial charge >= 0.3 is 0 Å². The second-order valence-electron chi connectivity index (χ2n) is 18.3. The van der Waals surface area contributed by atoms with Gasteiger partial charge in [-0.2, -0.15) is 0 Å². The molecule has 0 saturated carbocycles. The van der Waals surface area contributed by atoms with E-state index in [4.69, 9.17) is 14.2 Å². The van der Waals surface area contributed by atoms with Crippen LogP contribution in [0.25, 0.3) is 0 Å². The van der Waals surface area contributed by atoms with Crippen molar-refractivity contribution in [3.63, 3.8) is 0 Å². The molecule has 0 atom stereocenters. The van der Waals surface area contributed by atoms with Gasteiger partial charge in [0.15, 0.2) is 0 Å². The molecule has 0 heterocycles. The summed E-state index contributed by atoms with van der Waals surface area (Å²) < 4.78 is 15.3. The summed E-state index contributed by atoms with van der Waals surface area (Å²) in [5.41, 5.74) is 0. The van der Waals surface area contributed by atoms with E-state index in [0.29, 0.717) is 0 Å². The van der Waals surface area contributed by atoms with Crippen LogP contribution in [-0.4, -0.2) is 83.1 Å². The van der Waals surface area contributed by atoms with Crippen LogP contribution in [0.3, 0.4) is 0 Å². The molecule has 99 heavy (non-hydrogen) atoms. The number of methoxy groups -OCH3 is 3. The second kappa shape index (κ2) is 190. The van der Waals surface area contributed by atoms with E-state index in [1.807, 2.05) is 201 Å². The molecule has 0 spiro atoms. The summed E-state index contributed by atoms with van der Waals surface area (Å²) >= 11 is 0. The summed E-state index contributed by atoms with van der Waals surface area (Å²) in [6.45, 7) is 33.6. The van der Waals surface area contributed by atoms with Gasteiger partial charge in [0.2, 0.25) is 0 Å². The summed E-state index contributed by atoms with van der Waals surface area (Å²) in [5.74, 6) is 0.611. The molecule has 0 saturated heterocycles. The fraction of sp³-hybridized carbons (Fsp3) is 0.463. The average Bonchev–Trinajstić information content (AvgIpc) is 3.38. The standard InChI is InChI=1S/C10H16OSi.2C6H16OSi.4C6H6.3C4H8O.C2H6.10CH4.10CH3.8W.2Y/c1-11-9-12(2,3)10-7-5-4-6-8-10;2*1-5-8(3,4)6-7-2;4*1-2-4-6-5-3-1;3*1-4(2)3-5;1-2;;;;;;;;;;;;;;;;;;;;;;;;;;;;;;/h4-8H,9H2,1-3H3;2*5-6H2,1-4H3;4*1-6H;3*3-4H,1-2H3;1-2H3;10*1H4;10*1H3;;;;;;;;;;/q;;;;;;;;;;;;;;;;;;;;;10*-1;;;;;;;;;;. The molecule has 6 nitrogen and oxygen atoms in total. The van der Waals surface area contributed by atoms with Gasteiger partial charge in [-0.3, -0.25) is 0 Å². The normalized spacial score (nSPS) is 6.65. The fourth-order valence-corrected chi connectivity index (χ4v) is 7.81. The first-order valence-corrected chi connectivity index (χ1v) is 34.6. The molecule has 0 amide bonds. The smallest absolute Gasteiger partial charge is 0.122 e. The van der Waals surface area contributed by atoms with Crippen LogP contribution in [0.4, 0.5) is 0 Å². The average molecular weight is 2960 g/mol. The molecule has 0 aromatic heterocycles. The molecule has 0 fully saturated rings. The molecule has 0 aliphatic carbocycles. The van der Waals surface area contributed by atoms with Crippen molar-refractivity contribution in [1.82, 2.24) is 0 Å². The maximum atomic E-state index is 9.50. The molecule has 19 heteroatoms. The Morgan fingerprint density at radius 2 is 0.404 bits per heavy atom. The first-order valence-electron chi connectivity index (χ1n) is 24.6. The zero-order valence-electron chi connectivity index (χ0n) is 61.6. The van der Waals surface area contributed by atoms with Crippen molar-refractivity contribution in [3.05, 3.63) is 250 Å². The minimum atomic E-state index is -1.30. The Balaban J connectivity index is -0.0000000127. The van der Waals surface area contributed by atoms with Gasteiger partial charge in [0, 0.05) is 292 Å². The monoisotopic (exact) mass is 2960 g/mol. The molecule has 5 rings (SSSR count). The van der Waals surface area contributed by atoms with Crippen LogP contribution < -0.4 is 5.19 Å². The summed E-state index contributed by atoms with van der Waals surface area (Å²) in [6, 6.07) is 61.3. The molecule has 2 radical (unpaired) electrons. The molecule has 0 aliphatic heterocycles. The third kappa shape index (κ3) is 234. The molecular weight excluding hydrogens is 2790 g/mol. The van der Waals surface area contributed by atoms with Crippen molar-refractivity contribution in [3.8, 4) is 0 Å².